The largest absolute Gasteiger partial charge is 0.338 e. The first kappa shape index (κ1) is 15.0. The molecule has 0 aliphatic heterocycles. The molecule has 0 unspecified atom stereocenters. The molecule has 0 spiro atoms. The number of carbonyl (C=O) groups excluding carboxylic acids is 1. The average Bonchev–Trinajstić information content (AvgIpc) is 2.37. The second-order valence-electron chi connectivity index (χ2n) is 4.41. The molecule has 0 aliphatic rings. The first-order valence-corrected chi connectivity index (χ1v) is 7.50. The third-order valence-corrected chi connectivity index (χ3v) is 3.91. The summed E-state index contributed by atoms with van der Waals surface area (Å²) in [5.41, 5.74) is 1.41. The third-order valence-electron chi connectivity index (χ3n) is 2.97. The van der Waals surface area contributed by atoms with Crippen molar-refractivity contribution in [3.8, 4) is 0 Å². The molecule has 1 heterocycles. The summed E-state index contributed by atoms with van der Waals surface area (Å²) in [7, 11) is 1.85. The maximum atomic E-state index is 12.2. The third kappa shape index (κ3) is 4.33. The van der Waals surface area contributed by atoms with Gasteiger partial charge in [0.25, 0.3) is 5.91 Å². The summed E-state index contributed by atoms with van der Waals surface area (Å²) in [6.07, 6.45) is 1.02. The number of aryl methyl sites for hydroxylation is 1. The van der Waals surface area contributed by atoms with Gasteiger partial charge in [0, 0.05) is 18.8 Å². The second-order valence-corrected chi connectivity index (χ2v) is 5.81. The number of nitrogens with zero attached hydrogens (tertiary/aromatic N) is 2. The van der Waals surface area contributed by atoms with Gasteiger partial charge in [0.15, 0.2) is 0 Å². The average molecular weight is 266 g/mol. The second kappa shape index (κ2) is 7.41. The first-order valence-electron chi connectivity index (χ1n) is 6.34. The van der Waals surface area contributed by atoms with Crippen LogP contribution < -0.4 is 0 Å². The normalized spacial score (nSPS) is 12.2. The van der Waals surface area contributed by atoms with E-state index in [9.17, 15) is 4.79 Å². The van der Waals surface area contributed by atoms with Gasteiger partial charge in [0.05, 0.1) is 0 Å². The van der Waals surface area contributed by atoms with Crippen LogP contribution in [0.5, 0.6) is 0 Å². The van der Waals surface area contributed by atoms with Crippen LogP contribution >= 0.6 is 11.8 Å². The Kier molecular flexibility index (Phi) is 6.19. The van der Waals surface area contributed by atoms with Crippen LogP contribution in [-0.4, -0.2) is 40.4 Å². The van der Waals surface area contributed by atoms with Gasteiger partial charge in [0.1, 0.15) is 5.69 Å². The Morgan fingerprint density at radius 2 is 2.22 bits per heavy atom. The molecule has 1 aromatic rings. The number of amides is 1. The van der Waals surface area contributed by atoms with Gasteiger partial charge in [-0.25, -0.2) is 4.98 Å². The summed E-state index contributed by atoms with van der Waals surface area (Å²) in [6, 6.07) is 5.80. The Bertz CT molecular complexity index is 395. The van der Waals surface area contributed by atoms with Crippen LogP contribution in [0.1, 0.15) is 36.5 Å². The molecule has 0 bridgehead atoms. The number of hydrogen-bond acceptors (Lipinski definition) is 3. The molecule has 1 amide bonds. The van der Waals surface area contributed by atoms with Gasteiger partial charge in [-0.15, -0.1) is 0 Å². The molecule has 0 radical (unpaired) electrons. The van der Waals surface area contributed by atoms with E-state index in [1.54, 1.807) is 11.0 Å². The van der Waals surface area contributed by atoms with Crippen LogP contribution in [0, 0.1) is 6.92 Å². The van der Waals surface area contributed by atoms with Crippen LogP contribution in [0.2, 0.25) is 0 Å². The number of rotatable bonds is 6. The van der Waals surface area contributed by atoms with E-state index in [1.165, 1.54) is 0 Å². The Labute approximate surface area is 114 Å². The highest BCUT2D eigenvalue weighted by Crippen LogP contribution is 2.11. The van der Waals surface area contributed by atoms with E-state index in [-0.39, 0.29) is 11.9 Å². The molecule has 18 heavy (non-hydrogen) atoms. The van der Waals surface area contributed by atoms with Crippen molar-refractivity contribution in [3.05, 3.63) is 29.6 Å². The zero-order valence-corrected chi connectivity index (χ0v) is 12.5. The highest BCUT2D eigenvalue weighted by molar-refractivity contribution is 7.99. The molecule has 3 nitrogen and oxygen atoms in total. The van der Waals surface area contributed by atoms with E-state index in [0.717, 1.165) is 23.6 Å². The molecule has 1 atom stereocenters. The maximum Gasteiger partial charge on any atom is 0.272 e. The number of thioether (sulfide) groups is 1. The predicted molar refractivity (Wildman–Crippen MR) is 78.1 cm³/mol. The quantitative estimate of drug-likeness (QED) is 0.742. The minimum atomic E-state index is 0.00713. The number of carbonyl (C=O) groups is 1. The molecule has 0 fully saturated rings. The zero-order valence-electron chi connectivity index (χ0n) is 11.6. The summed E-state index contributed by atoms with van der Waals surface area (Å²) >= 11 is 1.91. The topological polar surface area (TPSA) is 33.2 Å². The van der Waals surface area contributed by atoms with Crippen molar-refractivity contribution in [2.24, 2.45) is 0 Å². The molecule has 0 saturated heterocycles. The molecule has 1 rings (SSSR count). The van der Waals surface area contributed by atoms with Crippen molar-refractivity contribution in [2.75, 3.05) is 18.6 Å². The number of aromatic nitrogens is 1. The van der Waals surface area contributed by atoms with Gasteiger partial charge in [-0.1, -0.05) is 13.0 Å². The van der Waals surface area contributed by atoms with E-state index < -0.39 is 0 Å². The van der Waals surface area contributed by atoms with Crippen LogP contribution in [0.4, 0.5) is 0 Å². The highest BCUT2D eigenvalue weighted by atomic mass is 32.2. The van der Waals surface area contributed by atoms with Crippen molar-refractivity contribution in [1.29, 1.82) is 0 Å². The molecule has 100 valence electrons. The van der Waals surface area contributed by atoms with Crippen molar-refractivity contribution < 1.29 is 4.79 Å². The lowest BCUT2D eigenvalue weighted by Gasteiger charge is -2.24. The smallest absolute Gasteiger partial charge is 0.272 e. The van der Waals surface area contributed by atoms with Crippen LogP contribution in [-0.2, 0) is 0 Å². The first-order chi connectivity index (χ1) is 8.56. The summed E-state index contributed by atoms with van der Waals surface area (Å²) in [6.45, 7) is 6.14. The molecule has 1 aromatic heterocycles. The van der Waals surface area contributed by atoms with Gasteiger partial charge in [-0.05, 0) is 43.9 Å². The SMILES string of the molecule is CCSCC[C@H](C)N(C)C(=O)c1cccc(C)n1. The van der Waals surface area contributed by atoms with E-state index >= 15 is 0 Å². The predicted octanol–water partition coefficient (Wildman–Crippen LogP) is 2.99. The Balaban J connectivity index is 2.60. The summed E-state index contributed by atoms with van der Waals surface area (Å²) < 4.78 is 0. The minimum Gasteiger partial charge on any atom is -0.338 e. The standard InChI is InChI=1S/C14H22N2OS/c1-5-18-10-9-12(3)16(4)14(17)13-8-6-7-11(2)15-13/h6-8,12H,5,9-10H2,1-4H3/t12-/m0/s1. The fourth-order valence-corrected chi connectivity index (χ4v) is 2.43. The Morgan fingerprint density at radius 1 is 1.50 bits per heavy atom. The van der Waals surface area contributed by atoms with Gasteiger partial charge in [0.2, 0.25) is 0 Å². The fraction of sp³-hybridized carbons (Fsp3) is 0.571. The molecular weight excluding hydrogens is 244 g/mol. The summed E-state index contributed by atoms with van der Waals surface area (Å²) in [5.74, 6) is 2.23. The Morgan fingerprint density at radius 3 is 2.83 bits per heavy atom. The zero-order chi connectivity index (χ0) is 13.5. The van der Waals surface area contributed by atoms with Gasteiger partial charge < -0.3 is 4.90 Å². The van der Waals surface area contributed by atoms with E-state index in [1.807, 2.05) is 37.9 Å². The van der Waals surface area contributed by atoms with Crippen molar-refractivity contribution in [3.63, 3.8) is 0 Å². The lowest BCUT2D eigenvalue weighted by molar-refractivity contribution is 0.0735. The lowest BCUT2D eigenvalue weighted by Crippen LogP contribution is -2.36. The maximum absolute atomic E-state index is 12.2. The highest BCUT2D eigenvalue weighted by Gasteiger charge is 2.18. The fourth-order valence-electron chi connectivity index (χ4n) is 1.63. The monoisotopic (exact) mass is 266 g/mol. The molecule has 0 saturated carbocycles. The summed E-state index contributed by atoms with van der Waals surface area (Å²) in [4.78, 5) is 18.3. The number of hydrogen-bond donors (Lipinski definition) is 0. The number of pyridine rings is 1. The van der Waals surface area contributed by atoms with Crippen LogP contribution in [0.3, 0.4) is 0 Å². The minimum absolute atomic E-state index is 0.00713. The molecule has 0 aromatic carbocycles. The molecule has 4 heteroatoms. The van der Waals surface area contributed by atoms with Gasteiger partial charge in [-0.3, -0.25) is 4.79 Å². The van der Waals surface area contributed by atoms with E-state index in [4.69, 9.17) is 0 Å². The van der Waals surface area contributed by atoms with Crippen molar-refractivity contribution in [1.82, 2.24) is 9.88 Å². The van der Waals surface area contributed by atoms with Crippen LogP contribution in [0.25, 0.3) is 0 Å². The molecule has 0 N–H and O–H groups in total. The van der Waals surface area contributed by atoms with Crippen molar-refractivity contribution >= 4 is 17.7 Å². The van der Waals surface area contributed by atoms with E-state index in [2.05, 4.69) is 18.8 Å². The molecular formula is C14H22N2OS. The van der Waals surface area contributed by atoms with Crippen molar-refractivity contribution in [2.45, 2.75) is 33.2 Å². The molecule has 0 aliphatic carbocycles. The lowest BCUT2D eigenvalue weighted by atomic mass is 10.2. The van der Waals surface area contributed by atoms with Crippen LogP contribution in [0.15, 0.2) is 18.2 Å². The summed E-state index contributed by atoms with van der Waals surface area (Å²) in [5, 5.41) is 0. The van der Waals surface area contributed by atoms with E-state index in [0.29, 0.717) is 5.69 Å². The Hall–Kier alpha value is -1.03. The van der Waals surface area contributed by atoms with Gasteiger partial charge >= 0.3 is 0 Å². The van der Waals surface area contributed by atoms with Gasteiger partial charge in [-0.2, -0.15) is 11.8 Å².